The minimum Gasteiger partial charge on any atom is -0.451 e. The highest BCUT2D eigenvalue weighted by Gasteiger charge is 2.33. The zero-order valence-electron chi connectivity index (χ0n) is 28.0. The molecule has 0 saturated carbocycles. The van der Waals surface area contributed by atoms with Crippen LogP contribution < -0.4 is 10.1 Å². The molecule has 1 aliphatic rings. The number of carbonyl (C=O) groups is 2. The van der Waals surface area contributed by atoms with Crippen LogP contribution in [0.2, 0.25) is 0 Å². The summed E-state index contributed by atoms with van der Waals surface area (Å²) in [6.45, 7) is 15.2. The average Bonchev–Trinajstić information content (AvgIpc) is 3.35. The first-order valence-electron chi connectivity index (χ1n) is 16.0. The van der Waals surface area contributed by atoms with Crippen LogP contribution in [0.1, 0.15) is 96.2 Å². The standard InChI is InChI=1S/C36H47F2N3O5/c1-8-9-20-44-23-30-31(33(42)39-35(2,3)4)27(22-41(30)25-12-11-19-40(21-25)34(43)46-36(5,6)7)24-15-17-26(18-16-24)45-32-28(37)13-10-14-29(32)38/h10,13-18,22,25H,8-9,11-12,19-21,23H2,1-7H3,(H,39,42)/t25-/m1/s1. The molecule has 2 amide bonds. The van der Waals surface area contributed by atoms with Gasteiger partial charge in [0.2, 0.25) is 0 Å². The smallest absolute Gasteiger partial charge is 0.410 e. The molecular weight excluding hydrogens is 592 g/mol. The Balaban J connectivity index is 1.76. The van der Waals surface area contributed by atoms with Gasteiger partial charge < -0.3 is 29.0 Å². The summed E-state index contributed by atoms with van der Waals surface area (Å²) in [7, 11) is 0. The molecule has 1 saturated heterocycles. The number of piperidine rings is 1. The summed E-state index contributed by atoms with van der Waals surface area (Å²) in [5.74, 6) is -2.09. The van der Waals surface area contributed by atoms with E-state index in [1.807, 2.05) is 47.7 Å². The summed E-state index contributed by atoms with van der Waals surface area (Å²) in [5.41, 5.74) is 1.47. The number of halogens is 2. The lowest BCUT2D eigenvalue weighted by atomic mass is 10.0. The monoisotopic (exact) mass is 639 g/mol. The van der Waals surface area contributed by atoms with Crippen LogP contribution in [0.5, 0.6) is 11.5 Å². The molecule has 0 bridgehead atoms. The molecule has 1 fully saturated rings. The van der Waals surface area contributed by atoms with Crippen molar-refractivity contribution in [3.05, 3.63) is 71.6 Å². The Morgan fingerprint density at radius 1 is 1.00 bits per heavy atom. The van der Waals surface area contributed by atoms with Crippen LogP contribution >= 0.6 is 0 Å². The number of carbonyl (C=O) groups excluding carboxylic acids is 2. The van der Waals surface area contributed by atoms with E-state index in [4.69, 9.17) is 14.2 Å². The van der Waals surface area contributed by atoms with Crippen molar-refractivity contribution >= 4 is 12.0 Å². The van der Waals surface area contributed by atoms with Crippen LogP contribution in [-0.4, -0.2) is 52.3 Å². The quantitative estimate of drug-likeness (QED) is 0.225. The molecular formula is C36H47F2N3O5. The Kier molecular flexibility index (Phi) is 11.1. The topological polar surface area (TPSA) is 82.0 Å². The predicted octanol–water partition coefficient (Wildman–Crippen LogP) is 8.64. The lowest BCUT2D eigenvalue weighted by Crippen LogP contribution is -2.43. The summed E-state index contributed by atoms with van der Waals surface area (Å²) >= 11 is 0. The second kappa shape index (κ2) is 14.7. The summed E-state index contributed by atoms with van der Waals surface area (Å²) < 4.78 is 47.9. The minimum absolute atomic E-state index is 0.118. The normalized spacial score (nSPS) is 15.5. The zero-order valence-corrected chi connectivity index (χ0v) is 28.0. The van der Waals surface area contributed by atoms with Crippen molar-refractivity contribution in [1.29, 1.82) is 0 Å². The van der Waals surface area contributed by atoms with E-state index in [0.717, 1.165) is 43.5 Å². The van der Waals surface area contributed by atoms with Crippen LogP contribution in [-0.2, 0) is 16.1 Å². The first-order chi connectivity index (χ1) is 21.7. The van der Waals surface area contributed by atoms with Crippen molar-refractivity contribution in [2.75, 3.05) is 19.7 Å². The van der Waals surface area contributed by atoms with Gasteiger partial charge in [-0.3, -0.25) is 4.79 Å². The Bertz CT molecular complexity index is 1490. The number of nitrogens with one attached hydrogen (secondary N) is 1. The second-order valence-electron chi connectivity index (χ2n) is 13.8. The molecule has 46 heavy (non-hydrogen) atoms. The summed E-state index contributed by atoms with van der Waals surface area (Å²) in [6, 6.07) is 10.2. The summed E-state index contributed by atoms with van der Waals surface area (Å²) in [5, 5.41) is 3.11. The van der Waals surface area contributed by atoms with E-state index in [2.05, 4.69) is 16.8 Å². The van der Waals surface area contributed by atoms with Gasteiger partial charge in [0.1, 0.15) is 11.4 Å². The maximum atomic E-state index is 14.2. The molecule has 250 valence electrons. The lowest BCUT2D eigenvalue weighted by Gasteiger charge is -2.35. The van der Waals surface area contributed by atoms with E-state index < -0.39 is 28.5 Å². The number of para-hydroxylation sites is 1. The highest BCUT2D eigenvalue weighted by molar-refractivity contribution is 6.02. The Hall–Kier alpha value is -3.92. The van der Waals surface area contributed by atoms with Gasteiger partial charge in [-0.05, 0) is 90.6 Å². The van der Waals surface area contributed by atoms with Crippen LogP contribution in [0.4, 0.5) is 13.6 Å². The van der Waals surface area contributed by atoms with Crippen molar-refractivity contribution < 1.29 is 32.6 Å². The van der Waals surface area contributed by atoms with Crippen LogP contribution in [0.3, 0.4) is 0 Å². The fourth-order valence-electron chi connectivity index (χ4n) is 5.40. The first-order valence-corrected chi connectivity index (χ1v) is 16.0. The maximum Gasteiger partial charge on any atom is 0.410 e. The second-order valence-corrected chi connectivity index (χ2v) is 13.8. The predicted molar refractivity (Wildman–Crippen MR) is 174 cm³/mol. The molecule has 3 aromatic rings. The van der Waals surface area contributed by atoms with Crippen LogP contribution in [0.15, 0.2) is 48.7 Å². The molecule has 1 aromatic heterocycles. The average molecular weight is 640 g/mol. The van der Waals surface area contributed by atoms with Crippen LogP contribution in [0.25, 0.3) is 11.1 Å². The first kappa shape index (κ1) is 34.9. The van der Waals surface area contributed by atoms with E-state index in [0.29, 0.717) is 36.4 Å². The van der Waals surface area contributed by atoms with Crippen molar-refractivity contribution in [3.63, 3.8) is 0 Å². The van der Waals surface area contributed by atoms with E-state index in [1.54, 1.807) is 29.2 Å². The van der Waals surface area contributed by atoms with E-state index in [1.165, 1.54) is 6.07 Å². The van der Waals surface area contributed by atoms with Crippen molar-refractivity contribution in [2.45, 2.75) is 97.9 Å². The molecule has 0 spiro atoms. The summed E-state index contributed by atoms with van der Waals surface area (Å²) in [6.07, 6.45) is 5.02. The highest BCUT2D eigenvalue weighted by atomic mass is 19.1. The highest BCUT2D eigenvalue weighted by Crippen LogP contribution is 2.36. The van der Waals surface area contributed by atoms with Crippen molar-refractivity contribution in [2.24, 2.45) is 0 Å². The number of ether oxygens (including phenoxy) is 3. The van der Waals surface area contributed by atoms with Gasteiger partial charge in [-0.2, -0.15) is 0 Å². The molecule has 4 rings (SSSR count). The van der Waals surface area contributed by atoms with Crippen molar-refractivity contribution in [3.8, 4) is 22.6 Å². The number of aromatic nitrogens is 1. The Morgan fingerprint density at radius 3 is 2.28 bits per heavy atom. The third-order valence-electron chi connectivity index (χ3n) is 7.48. The Morgan fingerprint density at radius 2 is 1.67 bits per heavy atom. The lowest BCUT2D eigenvalue weighted by molar-refractivity contribution is 0.0168. The minimum atomic E-state index is -0.803. The Labute approximate surface area is 271 Å². The number of rotatable bonds is 10. The molecule has 2 aromatic carbocycles. The molecule has 0 unspecified atom stereocenters. The number of unbranched alkanes of at least 4 members (excludes halogenated alkanes) is 1. The number of amides is 2. The van der Waals surface area contributed by atoms with Gasteiger partial charge in [-0.1, -0.05) is 31.5 Å². The van der Waals surface area contributed by atoms with Gasteiger partial charge in [0.15, 0.2) is 17.4 Å². The van der Waals surface area contributed by atoms with E-state index >= 15 is 0 Å². The van der Waals surface area contributed by atoms with Gasteiger partial charge in [0.25, 0.3) is 5.91 Å². The van der Waals surface area contributed by atoms with E-state index in [-0.39, 0.29) is 30.4 Å². The van der Waals surface area contributed by atoms with E-state index in [9.17, 15) is 18.4 Å². The van der Waals surface area contributed by atoms with Gasteiger partial charge in [0.05, 0.1) is 23.9 Å². The molecule has 10 heteroatoms. The number of nitrogens with zero attached hydrogens (tertiary/aromatic N) is 2. The molecule has 1 atom stereocenters. The fourth-order valence-corrected chi connectivity index (χ4v) is 5.40. The van der Waals surface area contributed by atoms with Gasteiger partial charge in [-0.15, -0.1) is 0 Å². The third-order valence-corrected chi connectivity index (χ3v) is 7.48. The number of hydrogen-bond acceptors (Lipinski definition) is 5. The molecule has 8 nitrogen and oxygen atoms in total. The number of likely N-dealkylation sites (tertiary alicyclic amines) is 1. The molecule has 1 aliphatic heterocycles. The molecule has 1 N–H and O–H groups in total. The SMILES string of the molecule is CCCCOCc1c(C(=O)NC(C)(C)C)c(-c2ccc(Oc3c(F)cccc3F)cc2)cn1[C@@H]1CCCN(C(=O)OC(C)(C)C)C1. The maximum absolute atomic E-state index is 14.2. The molecule has 0 radical (unpaired) electrons. The fraction of sp³-hybridized carbons (Fsp3) is 0.500. The van der Waals surface area contributed by atoms with Gasteiger partial charge in [0, 0.05) is 37.0 Å². The van der Waals surface area contributed by atoms with Gasteiger partial charge in [-0.25, -0.2) is 13.6 Å². The number of benzene rings is 2. The third kappa shape index (κ3) is 9.09. The molecule has 0 aliphatic carbocycles. The van der Waals surface area contributed by atoms with Crippen molar-refractivity contribution in [1.82, 2.24) is 14.8 Å². The number of hydrogen-bond donors (Lipinski definition) is 1. The zero-order chi connectivity index (χ0) is 33.6. The summed E-state index contributed by atoms with van der Waals surface area (Å²) in [4.78, 5) is 28.8. The molecule has 2 heterocycles. The van der Waals surface area contributed by atoms with Crippen LogP contribution in [0, 0.1) is 11.6 Å². The van der Waals surface area contributed by atoms with Gasteiger partial charge >= 0.3 is 6.09 Å². The largest absolute Gasteiger partial charge is 0.451 e.